The Morgan fingerprint density at radius 3 is 2.10 bits per heavy atom. The average Bonchev–Trinajstić information content (AvgIpc) is 2.96. The number of hydrogen-bond donors (Lipinski definition) is 1. The molecule has 0 aliphatic carbocycles. The predicted octanol–water partition coefficient (Wildman–Crippen LogP) is 5.82. The summed E-state index contributed by atoms with van der Waals surface area (Å²) in [5.74, 6) is 0.00256. The highest BCUT2D eigenvalue weighted by Crippen LogP contribution is 2.27. The van der Waals surface area contributed by atoms with Crippen LogP contribution in [0.5, 0.6) is 5.75 Å². The van der Waals surface area contributed by atoms with Crippen molar-refractivity contribution in [2.75, 3.05) is 24.0 Å². The molecule has 0 saturated carbocycles. The number of halogens is 1. The number of ether oxygens (including phenoxy) is 1. The Morgan fingerprint density at radius 2 is 1.55 bits per heavy atom. The fraction of sp³-hybridized carbons (Fsp3) is 0.375. The van der Waals surface area contributed by atoms with Gasteiger partial charge >= 0.3 is 0 Å². The third-order valence-corrected chi connectivity index (χ3v) is 8.70. The lowest BCUT2D eigenvalue weighted by Gasteiger charge is -2.33. The van der Waals surface area contributed by atoms with E-state index >= 15 is 0 Å². The van der Waals surface area contributed by atoms with E-state index in [9.17, 15) is 18.0 Å². The van der Waals surface area contributed by atoms with Crippen molar-refractivity contribution in [3.8, 4) is 5.75 Å². The van der Waals surface area contributed by atoms with E-state index in [-0.39, 0.29) is 23.3 Å². The first-order valence-corrected chi connectivity index (χ1v) is 15.9. The van der Waals surface area contributed by atoms with Crippen LogP contribution in [-0.4, -0.2) is 50.9 Å². The summed E-state index contributed by atoms with van der Waals surface area (Å²) in [6.45, 7) is 10.0. The molecular formula is C32H40ClN3O5S. The summed E-state index contributed by atoms with van der Waals surface area (Å²) in [7, 11) is -4.15. The van der Waals surface area contributed by atoms with E-state index in [1.165, 1.54) is 17.0 Å². The van der Waals surface area contributed by atoms with Crippen LogP contribution in [0.4, 0.5) is 5.69 Å². The van der Waals surface area contributed by atoms with Gasteiger partial charge in [-0.05, 0) is 80.3 Å². The van der Waals surface area contributed by atoms with Crippen molar-refractivity contribution in [2.24, 2.45) is 5.92 Å². The zero-order valence-corrected chi connectivity index (χ0v) is 26.4. The molecule has 3 rings (SSSR count). The maximum Gasteiger partial charge on any atom is 0.264 e. The molecule has 0 bridgehead atoms. The summed E-state index contributed by atoms with van der Waals surface area (Å²) in [4.78, 5) is 28.9. The van der Waals surface area contributed by atoms with Crippen LogP contribution in [-0.2, 0) is 26.2 Å². The van der Waals surface area contributed by atoms with Gasteiger partial charge in [0, 0.05) is 18.1 Å². The van der Waals surface area contributed by atoms with Crippen molar-refractivity contribution >= 4 is 39.1 Å². The zero-order valence-electron chi connectivity index (χ0n) is 24.8. The van der Waals surface area contributed by atoms with Gasteiger partial charge in [-0.3, -0.25) is 13.9 Å². The quantitative estimate of drug-likeness (QED) is 0.247. The third kappa shape index (κ3) is 8.72. The second-order valence-electron chi connectivity index (χ2n) is 10.5. The van der Waals surface area contributed by atoms with Crippen molar-refractivity contribution in [3.63, 3.8) is 0 Å². The number of nitrogens with one attached hydrogen (secondary N) is 1. The van der Waals surface area contributed by atoms with Gasteiger partial charge in [0.1, 0.15) is 18.3 Å². The minimum absolute atomic E-state index is 0.0563. The number of rotatable bonds is 14. The molecule has 226 valence electrons. The number of carbonyl (C=O) groups is 2. The monoisotopic (exact) mass is 613 g/mol. The van der Waals surface area contributed by atoms with Crippen molar-refractivity contribution in [1.29, 1.82) is 0 Å². The zero-order chi connectivity index (χ0) is 30.9. The normalized spacial score (nSPS) is 12.1. The van der Waals surface area contributed by atoms with Gasteiger partial charge in [0.2, 0.25) is 11.8 Å². The molecule has 0 aromatic heterocycles. The number of amides is 2. The van der Waals surface area contributed by atoms with Gasteiger partial charge < -0.3 is 15.0 Å². The molecule has 0 heterocycles. The summed E-state index contributed by atoms with van der Waals surface area (Å²) < 4.78 is 34.6. The van der Waals surface area contributed by atoms with Gasteiger partial charge in [-0.2, -0.15) is 0 Å². The topological polar surface area (TPSA) is 96.0 Å². The molecule has 0 fully saturated rings. The number of nitrogens with zero attached hydrogens (tertiary/aromatic N) is 2. The Labute approximate surface area is 254 Å². The van der Waals surface area contributed by atoms with Crippen LogP contribution in [0.3, 0.4) is 0 Å². The largest absolute Gasteiger partial charge is 0.494 e. The number of sulfonamides is 1. The van der Waals surface area contributed by atoms with E-state index in [2.05, 4.69) is 5.32 Å². The maximum absolute atomic E-state index is 14.1. The minimum Gasteiger partial charge on any atom is -0.494 e. The first-order valence-electron chi connectivity index (χ1n) is 14.1. The smallest absolute Gasteiger partial charge is 0.264 e. The Hall–Kier alpha value is -3.56. The number of benzene rings is 3. The lowest BCUT2D eigenvalue weighted by atomic mass is 10.1. The molecule has 8 nitrogen and oxygen atoms in total. The molecule has 0 aliphatic rings. The molecule has 1 N–H and O–H groups in total. The maximum atomic E-state index is 14.1. The highest BCUT2D eigenvalue weighted by atomic mass is 35.5. The highest BCUT2D eigenvalue weighted by Gasteiger charge is 2.33. The van der Waals surface area contributed by atoms with Crippen LogP contribution >= 0.6 is 11.6 Å². The summed E-state index contributed by atoms with van der Waals surface area (Å²) in [5.41, 5.74) is 1.97. The van der Waals surface area contributed by atoms with Gasteiger partial charge in [-0.1, -0.05) is 62.2 Å². The number of hydrogen-bond acceptors (Lipinski definition) is 5. The molecule has 0 spiro atoms. The standard InChI is InChI=1S/C32H40ClN3O5S/c1-6-30(32(38)34-20-23(3)4)35(21-25-10-12-26(33)13-11-25)31(37)22-36(27-14-16-28(17-15-27)41-7-2)42(39,40)29-18-8-24(5)9-19-29/h8-19,23,30H,6-7,20-22H2,1-5H3,(H,34,38)/t30-/m1/s1. The predicted molar refractivity (Wildman–Crippen MR) is 167 cm³/mol. The first kappa shape index (κ1) is 32.9. The van der Waals surface area contributed by atoms with Gasteiger partial charge in [-0.15, -0.1) is 0 Å². The lowest BCUT2D eigenvalue weighted by Crippen LogP contribution is -2.52. The van der Waals surface area contributed by atoms with Crippen LogP contribution in [0.25, 0.3) is 0 Å². The average molecular weight is 614 g/mol. The second kappa shape index (κ2) is 15.1. The molecule has 0 saturated heterocycles. The Balaban J connectivity index is 2.04. The van der Waals surface area contributed by atoms with E-state index in [0.717, 1.165) is 15.4 Å². The van der Waals surface area contributed by atoms with Crippen LogP contribution in [0.15, 0.2) is 77.7 Å². The summed E-state index contributed by atoms with van der Waals surface area (Å²) in [5, 5.41) is 3.47. The van der Waals surface area contributed by atoms with Crippen molar-refractivity contribution in [1.82, 2.24) is 10.2 Å². The lowest BCUT2D eigenvalue weighted by molar-refractivity contribution is -0.140. The number of carbonyl (C=O) groups excluding carboxylic acids is 2. The van der Waals surface area contributed by atoms with E-state index in [0.29, 0.717) is 36.0 Å². The van der Waals surface area contributed by atoms with Crippen molar-refractivity contribution < 1.29 is 22.7 Å². The molecule has 1 atom stereocenters. The number of aryl methyl sites for hydroxylation is 1. The fourth-order valence-corrected chi connectivity index (χ4v) is 5.91. The summed E-state index contributed by atoms with van der Waals surface area (Å²) in [6.07, 6.45) is 0.344. The van der Waals surface area contributed by atoms with Gasteiger partial charge in [0.25, 0.3) is 10.0 Å². The molecular weight excluding hydrogens is 574 g/mol. The molecule has 3 aromatic rings. The van der Waals surface area contributed by atoms with E-state index in [1.807, 2.05) is 34.6 Å². The molecule has 3 aromatic carbocycles. The first-order chi connectivity index (χ1) is 20.0. The second-order valence-corrected chi connectivity index (χ2v) is 12.8. The van der Waals surface area contributed by atoms with E-state index in [1.54, 1.807) is 60.7 Å². The molecule has 10 heteroatoms. The van der Waals surface area contributed by atoms with Crippen molar-refractivity contribution in [3.05, 3.63) is 88.9 Å². The Kier molecular flexibility index (Phi) is 11.8. The summed E-state index contributed by atoms with van der Waals surface area (Å²) in [6, 6.07) is 19.2. The molecule has 0 aliphatic heterocycles. The van der Waals surface area contributed by atoms with Gasteiger partial charge in [-0.25, -0.2) is 8.42 Å². The third-order valence-electron chi connectivity index (χ3n) is 6.66. The van der Waals surface area contributed by atoms with Gasteiger partial charge in [0.05, 0.1) is 17.2 Å². The van der Waals surface area contributed by atoms with E-state index in [4.69, 9.17) is 16.3 Å². The van der Waals surface area contributed by atoms with Crippen LogP contribution in [0.1, 0.15) is 45.2 Å². The van der Waals surface area contributed by atoms with Crippen LogP contribution in [0, 0.1) is 12.8 Å². The molecule has 0 unspecified atom stereocenters. The Bertz CT molecular complexity index is 1430. The molecule has 42 heavy (non-hydrogen) atoms. The van der Waals surface area contributed by atoms with Crippen molar-refractivity contribution in [2.45, 2.75) is 58.5 Å². The van der Waals surface area contributed by atoms with Gasteiger partial charge in [0.15, 0.2) is 0 Å². The minimum atomic E-state index is -4.15. The van der Waals surface area contributed by atoms with E-state index < -0.39 is 28.5 Å². The van der Waals surface area contributed by atoms with Crippen LogP contribution in [0.2, 0.25) is 5.02 Å². The SMILES string of the molecule is CCOc1ccc(N(CC(=O)N(Cc2ccc(Cl)cc2)[C@H](CC)C(=O)NCC(C)C)S(=O)(=O)c2ccc(C)cc2)cc1. The number of anilines is 1. The Morgan fingerprint density at radius 1 is 0.929 bits per heavy atom. The summed E-state index contributed by atoms with van der Waals surface area (Å²) >= 11 is 6.08. The fourth-order valence-electron chi connectivity index (χ4n) is 4.37. The molecule has 0 radical (unpaired) electrons. The molecule has 2 amide bonds. The highest BCUT2D eigenvalue weighted by molar-refractivity contribution is 7.92. The van der Waals surface area contributed by atoms with Crippen LogP contribution < -0.4 is 14.4 Å².